The minimum absolute atomic E-state index is 0.132. The van der Waals surface area contributed by atoms with Crippen LogP contribution in [-0.2, 0) is 14.6 Å². The maximum atomic E-state index is 11.7. The molecule has 0 aromatic heterocycles. The van der Waals surface area contributed by atoms with Gasteiger partial charge in [0.25, 0.3) is 0 Å². The van der Waals surface area contributed by atoms with E-state index in [9.17, 15) is 8.42 Å². The highest BCUT2D eigenvalue weighted by molar-refractivity contribution is 7.84. The van der Waals surface area contributed by atoms with Crippen molar-refractivity contribution in [3.05, 3.63) is 29.8 Å². The van der Waals surface area contributed by atoms with Crippen LogP contribution in [-0.4, -0.2) is 27.8 Å². The molecule has 0 radical (unpaired) electrons. The van der Waals surface area contributed by atoms with Crippen molar-refractivity contribution in [1.82, 2.24) is 4.72 Å². The molecule has 0 spiro atoms. The number of nitriles is 1. The van der Waals surface area contributed by atoms with E-state index in [4.69, 9.17) is 10.00 Å². The van der Waals surface area contributed by atoms with Crippen molar-refractivity contribution in [3.63, 3.8) is 0 Å². The van der Waals surface area contributed by atoms with Crippen molar-refractivity contribution < 1.29 is 17.4 Å². The summed E-state index contributed by atoms with van der Waals surface area (Å²) in [7, 11) is -2.49. The van der Waals surface area contributed by atoms with Crippen LogP contribution in [0.25, 0.3) is 0 Å². The van der Waals surface area contributed by atoms with Gasteiger partial charge in [-0.15, -0.1) is 0 Å². The average molecular weight is 367 g/mol. The summed E-state index contributed by atoms with van der Waals surface area (Å²) in [5.74, 6) is 0.621. The molecule has 25 heavy (non-hydrogen) atoms. The number of hydrogen-bond acceptors (Lipinski definition) is 6. The van der Waals surface area contributed by atoms with Gasteiger partial charge in [0.15, 0.2) is 5.71 Å². The third-order valence-electron chi connectivity index (χ3n) is 3.51. The van der Waals surface area contributed by atoms with Gasteiger partial charge in [0, 0.05) is 12.1 Å². The minimum Gasteiger partial charge on any atom is -0.497 e. The quantitative estimate of drug-likeness (QED) is 0.347. The van der Waals surface area contributed by atoms with Crippen LogP contribution in [0.5, 0.6) is 5.75 Å². The molecular weight excluding hydrogens is 342 g/mol. The van der Waals surface area contributed by atoms with E-state index in [0.29, 0.717) is 11.3 Å². The van der Waals surface area contributed by atoms with Crippen molar-refractivity contribution in [2.45, 2.75) is 45.4 Å². The Morgan fingerprint density at radius 3 is 2.40 bits per heavy atom. The lowest BCUT2D eigenvalue weighted by Gasteiger charge is -2.05. The van der Waals surface area contributed by atoms with Crippen molar-refractivity contribution in [1.29, 1.82) is 5.26 Å². The van der Waals surface area contributed by atoms with E-state index in [2.05, 4.69) is 21.1 Å². The largest absolute Gasteiger partial charge is 0.497 e. The summed E-state index contributed by atoms with van der Waals surface area (Å²) in [6.45, 7) is 2.43. The highest BCUT2D eigenvalue weighted by Crippen LogP contribution is 2.12. The van der Waals surface area contributed by atoms with Gasteiger partial charge in [-0.3, -0.25) is 4.28 Å². The van der Waals surface area contributed by atoms with Gasteiger partial charge in [-0.2, -0.15) is 18.4 Å². The normalized spacial score (nSPS) is 11.8. The fraction of sp³-hybridized carbons (Fsp3) is 0.529. The zero-order chi connectivity index (χ0) is 18.5. The summed E-state index contributed by atoms with van der Waals surface area (Å²) in [5, 5.41) is 12.6. The maximum absolute atomic E-state index is 11.7. The summed E-state index contributed by atoms with van der Waals surface area (Å²) >= 11 is 0. The van der Waals surface area contributed by atoms with Gasteiger partial charge in [-0.05, 0) is 30.7 Å². The number of nitrogens with zero attached hydrogens (tertiary/aromatic N) is 2. The summed E-state index contributed by atoms with van der Waals surface area (Å²) in [4.78, 5) is 0. The van der Waals surface area contributed by atoms with Gasteiger partial charge in [-0.25, -0.2) is 0 Å². The molecule has 0 saturated carbocycles. The zero-order valence-electron chi connectivity index (χ0n) is 14.7. The molecule has 0 aliphatic heterocycles. The number of ether oxygens (including phenoxy) is 1. The summed E-state index contributed by atoms with van der Waals surface area (Å²) < 4.78 is 35.4. The van der Waals surface area contributed by atoms with Gasteiger partial charge >= 0.3 is 10.3 Å². The molecule has 1 N–H and O–H groups in total. The molecule has 0 aliphatic rings. The van der Waals surface area contributed by atoms with Crippen molar-refractivity contribution in [2.75, 3.05) is 13.7 Å². The predicted octanol–water partition coefficient (Wildman–Crippen LogP) is 3.13. The maximum Gasteiger partial charge on any atom is 0.402 e. The summed E-state index contributed by atoms with van der Waals surface area (Å²) in [5.41, 5.74) is 0.307. The van der Waals surface area contributed by atoms with Crippen LogP contribution < -0.4 is 9.46 Å². The van der Waals surface area contributed by atoms with E-state index < -0.39 is 10.3 Å². The lowest BCUT2D eigenvalue weighted by Crippen LogP contribution is -2.25. The van der Waals surface area contributed by atoms with Crippen LogP contribution >= 0.6 is 0 Å². The lowest BCUT2D eigenvalue weighted by atomic mass is 10.1. The number of hydrogen-bond donors (Lipinski definition) is 1. The van der Waals surface area contributed by atoms with E-state index >= 15 is 0 Å². The first-order valence-electron chi connectivity index (χ1n) is 8.33. The highest BCUT2D eigenvalue weighted by atomic mass is 32.2. The molecule has 0 heterocycles. The third kappa shape index (κ3) is 8.52. The first kappa shape index (κ1) is 20.9. The van der Waals surface area contributed by atoms with Crippen LogP contribution in [0.1, 0.15) is 51.0 Å². The minimum atomic E-state index is -4.02. The zero-order valence-corrected chi connectivity index (χ0v) is 15.5. The molecular formula is C17H25N3O4S. The number of oxime groups is 1. The molecule has 0 unspecified atom stereocenters. The Kier molecular flexibility index (Phi) is 9.58. The SMILES string of the molecule is CCCCCCCCNS(=O)(=O)O/N=C(\C#N)c1ccc(OC)cc1. The van der Waals surface area contributed by atoms with Gasteiger partial charge in [-0.1, -0.05) is 44.2 Å². The molecule has 0 bridgehead atoms. The van der Waals surface area contributed by atoms with Crippen LogP contribution in [0.2, 0.25) is 0 Å². The third-order valence-corrected chi connectivity index (χ3v) is 4.33. The number of benzene rings is 1. The number of nitrogens with one attached hydrogen (secondary N) is 1. The van der Waals surface area contributed by atoms with E-state index in [1.165, 1.54) is 20.0 Å². The van der Waals surface area contributed by atoms with Gasteiger partial charge in [0.2, 0.25) is 0 Å². The average Bonchev–Trinajstić information content (AvgIpc) is 2.62. The monoisotopic (exact) mass is 367 g/mol. The first-order valence-corrected chi connectivity index (χ1v) is 9.74. The molecule has 1 rings (SSSR count). The van der Waals surface area contributed by atoms with E-state index in [0.717, 1.165) is 25.7 Å². The van der Waals surface area contributed by atoms with Crippen molar-refractivity contribution in [3.8, 4) is 11.8 Å². The molecule has 0 fully saturated rings. The molecule has 0 atom stereocenters. The molecule has 0 saturated heterocycles. The molecule has 0 aliphatic carbocycles. The molecule has 1 aromatic carbocycles. The second kappa shape index (κ2) is 11.4. The topological polar surface area (TPSA) is 101 Å². The molecule has 138 valence electrons. The number of rotatable bonds is 12. The predicted molar refractivity (Wildman–Crippen MR) is 96.5 cm³/mol. The number of methoxy groups -OCH3 is 1. The van der Waals surface area contributed by atoms with E-state index in [1.807, 2.05) is 6.07 Å². The van der Waals surface area contributed by atoms with Crippen molar-refractivity contribution >= 4 is 16.0 Å². The van der Waals surface area contributed by atoms with Gasteiger partial charge < -0.3 is 4.74 Å². The van der Waals surface area contributed by atoms with Crippen LogP contribution in [0, 0.1) is 11.3 Å². The Hall–Kier alpha value is -2.11. The summed E-state index contributed by atoms with van der Waals surface area (Å²) in [6, 6.07) is 8.30. The Morgan fingerprint density at radius 2 is 1.80 bits per heavy atom. The number of unbranched alkanes of at least 4 members (excludes halogenated alkanes) is 5. The van der Waals surface area contributed by atoms with Crippen molar-refractivity contribution in [2.24, 2.45) is 5.16 Å². The fourth-order valence-corrected chi connectivity index (χ4v) is 2.72. The fourth-order valence-electron chi connectivity index (χ4n) is 2.10. The second-order valence-electron chi connectivity index (χ2n) is 5.47. The van der Waals surface area contributed by atoms with E-state index in [-0.39, 0.29) is 12.3 Å². The first-order chi connectivity index (χ1) is 12.0. The van der Waals surface area contributed by atoms with E-state index in [1.54, 1.807) is 24.3 Å². The second-order valence-corrected chi connectivity index (χ2v) is 6.82. The van der Waals surface area contributed by atoms with Crippen LogP contribution in [0.4, 0.5) is 0 Å². The standard InChI is InChI=1S/C17H25N3O4S/c1-3-4-5-6-7-8-13-19-25(21,22)24-20-17(14-18)15-9-11-16(23-2)12-10-15/h9-12,19H,3-8,13H2,1-2H3/b20-17+. The highest BCUT2D eigenvalue weighted by Gasteiger charge is 2.12. The van der Waals surface area contributed by atoms with Crippen LogP contribution in [0.3, 0.4) is 0 Å². The smallest absolute Gasteiger partial charge is 0.402 e. The van der Waals surface area contributed by atoms with Gasteiger partial charge in [0.1, 0.15) is 11.8 Å². The lowest BCUT2D eigenvalue weighted by molar-refractivity contribution is 0.331. The van der Waals surface area contributed by atoms with Gasteiger partial charge in [0.05, 0.1) is 7.11 Å². The molecule has 1 aromatic rings. The Bertz CT molecular complexity index is 679. The molecule has 8 heteroatoms. The molecule has 0 amide bonds. The van der Waals surface area contributed by atoms with Crippen LogP contribution in [0.15, 0.2) is 29.4 Å². The Labute approximate surface area is 149 Å². The Balaban J connectivity index is 2.48. The summed E-state index contributed by atoms with van der Waals surface area (Å²) in [6.07, 6.45) is 6.32. The Morgan fingerprint density at radius 1 is 1.16 bits per heavy atom. The molecule has 7 nitrogen and oxygen atoms in total.